The highest BCUT2D eigenvalue weighted by molar-refractivity contribution is 9.10. The maximum atomic E-state index is 11.6. The predicted molar refractivity (Wildman–Crippen MR) is 79.1 cm³/mol. The molecule has 1 aromatic rings. The van der Waals surface area contributed by atoms with Crippen molar-refractivity contribution in [2.75, 3.05) is 20.2 Å². The number of hydrogen-bond donors (Lipinski definition) is 1. The maximum Gasteiger partial charge on any atom is 0.313 e. The molecule has 104 valence electrons. The highest BCUT2D eigenvalue weighted by Gasteiger charge is 2.50. The van der Waals surface area contributed by atoms with E-state index in [4.69, 9.17) is 4.74 Å². The number of halogens is 1. The van der Waals surface area contributed by atoms with Gasteiger partial charge < -0.3 is 10.1 Å². The van der Waals surface area contributed by atoms with Gasteiger partial charge in [0.15, 0.2) is 0 Å². The van der Waals surface area contributed by atoms with Crippen molar-refractivity contribution in [1.29, 1.82) is 0 Å². The van der Waals surface area contributed by atoms with Crippen LogP contribution in [0.4, 0.5) is 0 Å². The third-order valence-corrected chi connectivity index (χ3v) is 4.31. The summed E-state index contributed by atoms with van der Waals surface area (Å²) in [4.78, 5) is 11.6. The molecular formula is C15H20BrNO2. The first-order valence-corrected chi connectivity index (χ1v) is 7.41. The predicted octanol–water partition coefficient (Wildman–Crippen LogP) is 2.84. The molecule has 1 aliphatic carbocycles. The van der Waals surface area contributed by atoms with Gasteiger partial charge in [-0.15, -0.1) is 0 Å². The van der Waals surface area contributed by atoms with Crippen molar-refractivity contribution in [2.45, 2.75) is 26.2 Å². The normalized spacial score (nSPS) is 16.2. The Bertz CT molecular complexity index is 469. The first-order chi connectivity index (χ1) is 9.07. The van der Waals surface area contributed by atoms with Crippen molar-refractivity contribution < 1.29 is 9.53 Å². The van der Waals surface area contributed by atoms with Gasteiger partial charge in [0.2, 0.25) is 0 Å². The molecule has 19 heavy (non-hydrogen) atoms. The Morgan fingerprint density at radius 1 is 1.47 bits per heavy atom. The molecule has 0 atom stereocenters. The minimum Gasteiger partial charge on any atom is -0.469 e. The SMILES string of the molecule is COC(=O)C1(CNCCc2cc(Br)ccc2C)CC1. The molecule has 1 N–H and O–H groups in total. The van der Waals surface area contributed by atoms with Crippen LogP contribution in [0.3, 0.4) is 0 Å². The van der Waals surface area contributed by atoms with E-state index in [1.54, 1.807) is 0 Å². The third-order valence-electron chi connectivity index (χ3n) is 3.82. The highest BCUT2D eigenvalue weighted by atomic mass is 79.9. The molecule has 0 aromatic heterocycles. The average molecular weight is 326 g/mol. The number of carbonyl (C=O) groups excluding carboxylic acids is 1. The van der Waals surface area contributed by atoms with Crippen molar-refractivity contribution in [2.24, 2.45) is 5.41 Å². The van der Waals surface area contributed by atoms with E-state index in [9.17, 15) is 4.79 Å². The summed E-state index contributed by atoms with van der Waals surface area (Å²) in [5, 5.41) is 3.38. The second-order valence-electron chi connectivity index (χ2n) is 5.27. The smallest absolute Gasteiger partial charge is 0.313 e. The molecule has 1 fully saturated rings. The van der Waals surface area contributed by atoms with Crippen molar-refractivity contribution in [3.8, 4) is 0 Å². The van der Waals surface area contributed by atoms with Crippen molar-refractivity contribution in [3.63, 3.8) is 0 Å². The summed E-state index contributed by atoms with van der Waals surface area (Å²) < 4.78 is 5.95. The van der Waals surface area contributed by atoms with E-state index in [2.05, 4.69) is 46.4 Å². The molecule has 0 saturated heterocycles. The maximum absolute atomic E-state index is 11.6. The number of benzene rings is 1. The molecule has 1 saturated carbocycles. The summed E-state index contributed by atoms with van der Waals surface area (Å²) in [7, 11) is 1.47. The molecular weight excluding hydrogens is 306 g/mol. The number of methoxy groups -OCH3 is 1. The first-order valence-electron chi connectivity index (χ1n) is 6.61. The van der Waals surface area contributed by atoms with Gasteiger partial charge >= 0.3 is 5.97 Å². The van der Waals surface area contributed by atoms with Crippen molar-refractivity contribution >= 4 is 21.9 Å². The van der Waals surface area contributed by atoms with E-state index in [1.807, 2.05) is 0 Å². The topological polar surface area (TPSA) is 38.3 Å². The minimum absolute atomic E-state index is 0.0707. The molecule has 0 radical (unpaired) electrons. The van der Waals surface area contributed by atoms with Gasteiger partial charge in [-0.1, -0.05) is 22.0 Å². The zero-order valence-electron chi connectivity index (χ0n) is 11.5. The number of nitrogens with one attached hydrogen (secondary N) is 1. The molecule has 0 amide bonds. The lowest BCUT2D eigenvalue weighted by atomic mass is 10.1. The average Bonchev–Trinajstić information content (AvgIpc) is 3.19. The second-order valence-corrected chi connectivity index (χ2v) is 6.19. The van der Waals surface area contributed by atoms with Gasteiger partial charge in [0.05, 0.1) is 12.5 Å². The van der Waals surface area contributed by atoms with Crippen molar-refractivity contribution in [1.82, 2.24) is 5.32 Å². The number of ether oxygens (including phenoxy) is 1. The minimum atomic E-state index is -0.235. The Balaban J connectivity index is 1.78. The fourth-order valence-corrected chi connectivity index (χ4v) is 2.69. The largest absolute Gasteiger partial charge is 0.469 e. The van der Waals surface area contributed by atoms with Crippen LogP contribution >= 0.6 is 15.9 Å². The van der Waals surface area contributed by atoms with Crippen LogP contribution in [0.25, 0.3) is 0 Å². The molecule has 0 heterocycles. The fourth-order valence-electron chi connectivity index (χ4n) is 2.28. The number of aryl methyl sites for hydroxylation is 1. The Morgan fingerprint density at radius 3 is 2.84 bits per heavy atom. The molecule has 1 aromatic carbocycles. The van der Waals surface area contributed by atoms with Crippen LogP contribution in [0, 0.1) is 12.3 Å². The molecule has 0 aliphatic heterocycles. The van der Waals surface area contributed by atoms with Gasteiger partial charge in [-0.3, -0.25) is 4.79 Å². The Morgan fingerprint density at radius 2 is 2.21 bits per heavy atom. The Labute approximate surface area is 122 Å². The van der Waals surface area contributed by atoms with Crippen LogP contribution < -0.4 is 5.32 Å². The first kappa shape index (κ1) is 14.5. The van der Waals surface area contributed by atoms with E-state index < -0.39 is 0 Å². The molecule has 3 nitrogen and oxygen atoms in total. The van der Waals surface area contributed by atoms with E-state index in [0.29, 0.717) is 0 Å². The van der Waals surface area contributed by atoms with Crippen LogP contribution in [0.15, 0.2) is 22.7 Å². The number of esters is 1. The zero-order valence-corrected chi connectivity index (χ0v) is 13.0. The zero-order chi connectivity index (χ0) is 13.9. The van der Waals surface area contributed by atoms with Crippen LogP contribution in [-0.2, 0) is 16.0 Å². The second kappa shape index (κ2) is 6.06. The third kappa shape index (κ3) is 3.57. The molecule has 0 unspecified atom stereocenters. The lowest BCUT2D eigenvalue weighted by molar-refractivity contribution is -0.146. The van der Waals surface area contributed by atoms with Crippen molar-refractivity contribution in [3.05, 3.63) is 33.8 Å². The number of rotatable bonds is 6. The van der Waals surface area contributed by atoms with Crippen LogP contribution in [-0.4, -0.2) is 26.2 Å². The van der Waals surface area contributed by atoms with Gasteiger partial charge in [0, 0.05) is 11.0 Å². The number of hydrogen-bond acceptors (Lipinski definition) is 3. The summed E-state index contributed by atoms with van der Waals surface area (Å²) in [5.74, 6) is -0.0707. The van der Waals surface area contributed by atoms with Gasteiger partial charge in [-0.25, -0.2) is 0 Å². The Hall–Kier alpha value is -0.870. The van der Waals surface area contributed by atoms with Gasteiger partial charge in [0.25, 0.3) is 0 Å². The quantitative estimate of drug-likeness (QED) is 0.645. The number of carbonyl (C=O) groups is 1. The van der Waals surface area contributed by atoms with E-state index in [0.717, 1.165) is 36.8 Å². The van der Waals surface area contributed by atoms with Crippen LogP contribution in [0.2, 0.25) is 0 Å². The standard InChI is InChI=1S/C15H20BrNO2/c1-11-3-4-13(16)9-12(11)5-8-17-10-15(6-7-15)14(18)19-2/h3-4,9,17H,5-8,10H2,1-2H3. The lowest BCUT2D eigenvalue weighted by Gasteiger charge is -2.14. The molecule has 4 heteroatoms. The summed E-state index contributed by atoms with van der Waals surface area (Å²) >= 11 is 3.49. The summed E-state index contributed by atoms with van der Waals surface area (Å²) in [6.07, 6.45) is 2.87. The summed E-state index contributed by atoms with van der Waals surface area (Å²) in [6, 6.07) is 6.34. The molecule has 0 spiro atoms. The van der Waals surface area contributed by atoms with E-state index >= 15 is 0 Å². The van der Waals surface area contributed by atoms with Crippen LogP contribution in [0.5, 0.6) is 0 Å². The molecule has 0 bridgehead atoms. The molecule has 2 rings (SSSR count). The lowest BCUT2D eigenvalue weighted by Crippen LogP contribution is -2.32. The van der Waals surface area contributed by atoms with E-state index in [1.165, 1.54) is 18.2 Å². The highest BCUT2D eigenvalue weighted by Crippen LogP contribution is 2.45. The monoisotopic (exact) mass is 325 g/mol. The van der Waals surface area contributed by atoms with Gasteiger partial charge in [-0.2, -0.15) is 0 Å². The van der Waals surface area contributed by atoms with Crippen LogP contribution in [0.1, 0.15) is 24.0 Å². The Kier molecular flexibility index (Phi) is 4.63. The summed E-state index contributed by atoms with van der Waals surface area (Å²) in [6.45, 7) is 3.74. The summed E-state index contributed by atoms with van der Waals surface area (Å²) in [5.41, 5.74) is 2.41. The van der Waals surface area contributed by atoms with Gasteiger partial charge in [-0.05, 0) is 56.0 Å². The molecule has 1 aliphatic rings. The van der Waals surface area contributed by atoms with E-state index in [-0.39, 0.29) is 11.4 Å². The fraction of sp³-hybridized carbons (Fsp3) is 0.533. The van der Waals surface area contributed by atoms with Gasteiger partial charge in [0.1, 0.15) is 0 Å².